The van der Waals surface area contributed by atoms with Crippen molar-refractivity contribution in [1.29, 1.82) is 0 Å². The number of rotatable bonds is 2. The first-order valence-electron chi connectivity index (χ1n) is 6.25. The molecule has 0 unspecified atom stereocenters. The summed E-state index contributed by atoms with van der Waals surface area (Å²) in [7, 11) is 0. The van der Waals surface area contributed by atoms with E-state index in [-0.39, 0.29) is 0 Å². The second kappa shape index (κ2) is 5.33. The molecular formula is C12H16BrClN4. The first-order valence-corrected chi connectivity index (χ1v) is 7.42. The van der Waals surface area contributed by atoms with Crippen molar-refractivity contribution in [3.63, 3.8) is 0 Å². The number of pyridine rings is 1. The monoisotopic (exact) mass is 330 g/mol. The Kier molecular flexibility index (Phi) is 3.75. The smallest absolute Gasteiger partial charge is 0.143 e. The molecule has 1 aromatic rings. The summed E-state index contributed by atoms with van der Waals surface area (Å²) in [5, 5.41) is 4.06. The van der Waals surface area contributed by atoms with E-state index in [9.17, 15) is 0 Å². The fraction of sp³-hybridized carbons (Fsp3) is 0.583. The summed E-state index contributed by atoms with van der Waals surface area (Å²) in [5.41, 5.74) is 0. The number of anilines is 1. The van der Waals surface area contributed by atoms with Crippen LogP contribution >= 0.6 is 27.5 Å². The quantitative estimate of drug-likeness (QED) is 0.892. The molecule has 0 radical (unpaired) electrons. The van der Waals surface area contributed by atoms with E-state index in [4.69, 9.17) is 11.6 Å². The molecule has 2 aliphatic heterocycles. The maximum atomic E-state index is 5.91. The van der Waals surface area contributed by atoms with Gasteiger partial charge in [0.15, 0.2) is 0 Å². The topological polar surface area (TPSA) is 31.4 Å². The first-order chi connectivity index (χ1) is 8.74. The van der Waals surface area contributed by atoms with E-state index in [2.05, 4.69) is 36.0 Å². The van der Waals surface area contributed by atoms with Crippen molar-refractivity contribution in [2.45, 2.75) is 6.04 Å². The number of nitrogens with one attached hydrogen (secondary N) is 1. The Labute approximate surface area is 120 Å². The lowest BCUT2D eigenvalue weighted by molar-refractivity contribution is 0.147. The highest BCUT2D eigenvalue weighted by Gasteiger charge is 2.33. The van der Waals surface area contributed by atoms with E-state index in [1.165, 1.54) is 0 Å². The summed E-state index contributed by atoms with van der Waals surface area (Å²) in [5.74, 6) is 1.01. The van der Waals surface area contributed by atoms with Gasteiger partial charge < -0.3 is 10.2 Å². The molecule has 0 spiro atoms. The SMILES string of the molecule is Clc1cnc(N2CC(N3CCNCC3)C2)c(Br)c1. The van der Waals surface area contributed by atoms with Crippen LogP contribution in [0.5, 0.6) is 0 Å². The number of halogens is 2. The Morgan fingerprint density at radius 3 is 2.72 bits per heavy atom. The molecule has 1 N–H and O–H groups in total. The molecule has 6 heteroatoms. The van der Waals surface area contributed by atoms with Crippen LogP contribution in [0.25, 0.3) is 0 Å². The molecule has 2 aliphatic rings. The van der Waals surface area contributed by atoms with Gasteiger partial charge in [-0.05, 0) is 22.0 Å². The van der Waals surface area contributed by atoms with E-state index in [0.717, 1.165) is 49.6 Å². The van der Waals surface area contributed by atoms with Crippen molar-refractivity contribution < 1.29 is 0 Å². The molecule has 2 saturated heterocycles. The van der Waals surface area contributed by atoms with Gasteiger partial charge in [-0.2, -0.15) is 0 Å². The summed E-state index contributed by atoms with van der Waals surface area (Å²) in [4.78, 5) is 9.26. The summed E-state index contributed by atoms with van der Waals surface area (Å²) in [6, 6.07) is 2.58. The highest BCUT2D eigenvalue weighted by Crippen LogP contribution is 2.30. The number of hydrogen-bond donors (Lipinski definition) is 1. The largest absolute Gasteiger partial charge is 0.352 e. The molecule has 0 bridgehead atoms. The van der Waals surface area contributed by atoms with Gasteiger partial charge in [-0.1, -0.05) is 11.6 Å². The molecule has 18 heavy (non-hydrogen) atoms. The predicted molar refractivity (Wildman–Crippen MR) is 77.4 cm³/mol. The molecule has 98 valence electrons. The van der Waals surface area contributed by atoms with E-state index in [1.54, 1.807) is 6.20 Å². The van der Waals surface area contributed by atoms with Crippen LogP contribution in [0, 0.1) is 0 Å². The number of nitrogens with zero attached hydrogens (tertiary/aromatic N) is 3. The van der Waals surface area contributed by atoms with Crippen molar-refractivity contribution in [3.8, 4) is 0 Å². The minimum Gasteiger partial charge on any atom is -0.352 e. The normalized spacial score (nSPS) is 22.0. The predicted octanol–water partition coefficient (Wildman–Crippen LogP) is 1.59. The van der Waals surface area contributed by atoms with Gasteiger partial charge in [-0.3, -0.25) is 4.90 Å². The van der Waals surface area contributed by atoms with Gasteiger partial charge in [0, 0.05) is 51.5 Å². The van der Waals surface area contributed by atoms with E-state index >= 15 is 0 Å². The zero-order valence-corrected chi connectivity index (χ0v) is 12.4. The van der Waals surface area contributed by atoms with Crippen LogP contribution < -0.4 is 10.2 Å². The highest BCUT2D eigenvalue weighted by molar-refractivity contribution is 9.10. The number of hydrogen-bond acceptors (Lipinski definition) is 4. The standard InChI is InChI=1S/C12H16BrClN4/c13-11-5-9(14)6-16-12(11)18-7-10(8-18)17-3-1-15-2-4-17/h5-6,10,15H,1-4,7-8H2. The van der Waals surface area contributed by atoms with Crippen molar-refractivity contribution in [2.75, 3.05) is 44.2 Å². The minimum atomic E-state index is 0.671. The number of aromatic nitrogens is 1. The fourth-order valence-corrected chi connectivity index (χ4v) is 3.44. The number of piperazine rings is 1. The van der Waals surface area contributed by atoms with Gasteiger partial charge in [0.2, 0.25) is 0 Å². The maximum Gasteiger partial charge on any atom is 0.143 e. The lowest BCUT2D eigenvalue weighted by Gasteiger charge is -2.47. The van der Waals surface area contributed by atoms with Crippen molar-refractivity contribution in [2.24, 2.45) is 0 Å². The molecule has 0 aliphatic carbocycles. The summed E-state index contributed by atoms with van der Waals surface area (Å²) in [6.07, 6.45) is 1.71. The molecule has 2 fully saturated rings. The van der Waals surface area contributed by atoms with Crippen molar-refractivity contribution in [3.05, 3.63) is 21.8 Å². The fourth-order valence-electron chi connectivity index (χ4n) is 2.55. The lowest BCUT2D eigenvalue weighted by atomic mass is 10.1. The Morgan fingerprint density at radius 1 is 1.33 bits per heavy atom. The molecule has 0 saturated carbocycles. The van der Waals surface area contributed by atoms with Gasteiger partial charge in [0.1, 0.15) is 5.82 Å². The van der Waals surface area contributed by atoms with Crippen LogP contribution in [0.15, 0.2) is 16.7 Å². The van der Waals surface area contributed by atoms with Crippen molar-refractivity contribution >= 4 is 33.3 Å². The third-order valence-corrected chi connectivity index (χ3v) is 4.41. The molecule has 3 rings (SSSR count). The Hall–Kier alpha value is -0.360. The van der Waals surface area contributed by atoms with Gasteiger partial charge >= 0.3 is 0 Å². The zero-order chi connectivity index (χ0) is 12.5. The third kappa shape index (κ3) is 2.50. The van der Waals surface area contributed by atoms with E-state index in [0.29, 0.717) is 11.1 Å². The summed E-state index contributed by atoms with van der Waals surface area (Å²) >= 11 is 9.43. The molecule has 0 amide bonds. The molecule has 3 heterocycles. The molecule has 0 aromatic carbocycles. The molecule has 4 nitrogen and oxygen atoms in total. The second-order valence-corrected chi connectivity index (χ2v) is 6.09. The lowest BCUT2D eigenvalue weighted by Crippen LogP contribution is -2.63. The highest BCUT2D eigenvalue weighted by atomic mass is 79.9. The Balaban J connectivity index is 1.61. The molecular weight excluding hydrogens is 316 g/mol. The van der Waals surface area contributed by atoms with Crippen molar-refractivity contribution in [1.82, 2.24) is 15.2 Å². The Morgan fingerprint density at radius 2 is 2.06 bits per heavy atom. The summed E-state index contributed by atoms with van der Waals surface area (Å²) < 4.78 is 0.980. The van der Waals surface area contributed by atoms with Crippen LogP contribution in [0.2, 0.25) is 5.02 Å². The molecule has 1 aromatic heterocycles. The maximum absolute atomic E-state index is 5.91. The van der Waals surface area contributed by atoms with Gasteiger partial charge in [0.05, 0.1) is 9.50 Å². The van der Waals surface area contributed by atoms with Gasteiger partial charge in [-0.15, -0.1) is 0 Å². The zero-order valence-electron chi connectivity index (χ0n) is 10.1. The Bertz CT molecular complexity index is 430. The minimum absolute atomic E-state index is 0.671. The van der Waals surface area contributed by atoms with E-state index in [1.807, 2.05) is 6.07 Å². The molecule has 0 atom stereocenters. The van der Waals surface area contributed by atoms with Crippen LogP contribution in [-0.2, 0) is 0 Å². The van der Waals surface area contributed by atoms with Gasteiger partial charge in [-0.25, -0.2) is 4.98 Å². The first kappa shape index (κ1) is 12.7. The van der Waals surface area contributed by atoms with Crippen LogP contribution in [0.1, 0.15) is 0 Å². The summed E-state index contributed by atoms with van der Waals surface area (Å²) in [6.45, 7) is 6.67. The average molecular weight is 332 g/mol. The van der Waals surface area contributed by atoms with Crippen LogP contribution in [0.3, 0.4) is 0 Å². The van der Waals surface area contributed by atoms with Gasteiger partial charge in [0.25, 0.3) is 0 Å². The third-order valence-electron chi connectivity index (χ3n) is 3.62. The second-order valence-electron chi connectivity index (χ2n) is 4.80. The van der Waals surface area contributed by atoms with E-state index < -0.39 is 0 Å². The van der Waals surface area contributed by atoms with Crippen LogP contribution in [-0.4, -0.2) is 55.2 Å². The van der Waals surface area contributed by atoms with Crippen LogP contribution in [0.4, 0.5) is 5.82 Å². The average Bonchev–Trinajstić information content (AvgIpc) is 2.31.